The van der Waals surface area contributed by atoms with Gasteiger partial charge in [0.25, 0.3) is 0 Å². The van der Waals surface area contributed by atoms with Gasteiger partial charge in [-0.15, -0.1) is 0 Å². The van der Waals surface area contributed by atoms with Gasteiger partial charge in [0.15, 0.2) is 0 Å². The molecule has 0 amide bonds. The normalized spacial score (nSPS) is 13.1. The summed E-state index contributed by atoms with van der Waals surface area (Å²) >= 11 is 0. The fourth-order valence-electron chi connectivity index (χ4n) is 9.66. The van der Waals surface area contributed by atoms with E-state index in [4.69, 9.17) is 0 Å². The van der Waals surface area contributed by atoms with Gasteiger partial charge < -0.3 is 5.73 Å². The van der Waals surface area contributed by atoms with Crippen LogP contribution >= 0.6 is 0 Å². The topological polar surface area (TPSA) is 26.0 Å². The van der Waals surface area contributed by atoms with Crippen LogP contribution in [0.2, 0.25) is 0 Å². The first kappa shape index (κ1) is 33.7. The van der Waals surface area contributed by atoms with Crippen molar-refractivity contribution in [2.24, 2.45) is 5.73 Å². The lowest BCUT2D eigenvalue weighted by molar-refractivity contribution is 0.797. The molecule has 0 radical (unpaired) electrons. The molecule has 9 aromatic carbocycles. The summed E-state index contributed by atoms with van der Waals surface area (Å²) in [4.78, 5) is 0. The van der Waals surface area contributed by atoms with Crippen LogP contribution in [0.4, 0.5) is 0 Å². The molecule has 0 fully saturated rings. The number of hydrogen-bond acceptors (Lipinski definition) is 1. The highest BCUT2D eigenvalue weighted by molar-refractivity contribution is 6.17. The van der Waals surface area contributed by atoms with Crippen molar-refractivity contribution >= 4 is 27.1 Å². The number of allylic oxidation sites excluding steroid dienone is 1. The number of nitrogens with two attached hydrogens (primary N) is 1. The summed E-state index contributed by atoms with van der Waals surface area (Å²) in [6, 6.07) is 74.3. The van der Waals surface area contributed by atoms with Crippen molar-refractivity contribution in [1.82, 2.24) is 0 Å². The largest absolute Gasteiger partial charge is 0.333 e. The Hall–Kier alpha value is -6.80. The Labute approximate surface area is 329 Å². The molecule has 2 N–H and O–H groups in total. The second-order valence-electron chi connectivity index (χ2n) is 14.7. The Morgan fingerprint density at radius 1 is 0.429 bits per heavy atom. The first-order valence-electron chi connectivity index (χ1n) is 19.6. The molecule has 0 unspecified atom stereocenters. The van der Waals surface area contributed by atoms with Gasteiger partial charge in [-0.25, -0.2) is 0 Å². The Morgan fingerprint density at radius 3 is 1.68 bits per heavy atom. The molecule has 1 spiro atoms. The van der Waals surface area contributed by atoms with Crippen molar-refractivity contribution in [2.75, 3.05) is 7.05 Å². The molecule has 0 bridgehead atoms. The van der Waals surface area contributed by atoms with Gasteiger partial charge >= 0.3 is 0 Å². The predicted octanol–water partition coefficient (Wildman–Crippen LogP) is 13.3. The van der Waals surface area contributed by atoms with E-state index < -0.39 is 0 Å². The molecule has 0 aliphatic heterocycles. The molecule has 11 rings (SSSR count). The third-order valence-corrected chi connectivity index (χ3v) is 11.9. The number of rotatable bonds is 6. The van der Waals surface area contributed by atoms with Gasteiger partial charge in [-0.3, -0.25) is 0 Å². The Balaban J connectivity index is 0.00000189. The Bertz CT molecular complexity index is 2890. The monoisotopic (exact) mass is 715 g/mol. The molecule has 0 saturated carbocycles. The molecule has 2 aliphatic rings. The van der Waals surface area contributed by atoms with E-state index in [1.807, 2.05) is 0 Å². The highest BCUT2D eigenvalue weighted by Gasteiger charge is 2.51. The molecule has 0 atom stereocenters. The van der Waals surface area contributed by atoms with Crippen molar-refractivity contribution in [1.29, 1.82) is 0 Å². The van der Waals surface area contributed by atoms with Crippen molar-refractivity contribution in [3.05, 3.63) is 245 Å². The van der Waals surface area contributed by atoms with Crippen LogP contribution in [-0.2, 0) is 11.8 Å². The third-order valence-electron chi connectivity index (χ3n) is 11.9. The first-order chi connectivity index (χ1) is 27.8. The highest BCUT2D eigenvalue weighted by Crippen LogP contribution is 2.63. The van der Waals surface area contributed by atoms with E-state index in [1.165, 1.54) is 106 Å². The van der Waals surface area contributed by atoms with Gasteiger partial charge in [-0.05, 0) is 125 Å². The molecule has 1 nitrogen and oxygen atoms in total. The van der Waals surface area contributed by atoms with E-state index in [0.717, 1.165) is 6.42 Å². The summed E-state index contributed by atoms with van der Waals surface area (Å²) in [5.41, 5.74) is 22.3. The van der Waals surface area contributed by atoms with E-state index in [9.17, 15) is 0 Å². The maximum Gasteiger partial charge on any atom is 0.0726 e. The summed E-state index contributed by atoms with van der Waals surface area (Å²) in [6.45, 7) is 0. The molecule has 1 heteroatoms. The van der Waals surface area contributed by atoms with E-state index in [1.54, 1.807) is 0 Å². The lowest BCUT2D eigenvalue weighted by Crippen LogP contribution is -2.26. The zero-order chi connectivity index (χ0) is 37.6. The lowest BCUT2D eigenvalue weighted by atomic mass is 9.70. The van der Waals surface area contributed by atoms with Crippen LogP contribution in [-0.4, -0.2) is 7.05 Å². The summed E-state index contributed by atoms with van der Waals surface area (Å²) in [7, 11) is 1.50. The zero-order valence-electron chi connectivity index (χ0n) is 31.4. The second kappa shape index (κ2) is 13.8. The van der Waals surface area contributed by atoms with Crippen molar-refractivity contribution in [3.8, 4) is 33.4 Å². The summed E-state index contributed by atoms with van der Waals surface area (Å²) < 4.78 is 0. The van der Waals surface area contributed by atoms with Crippen molar-refractivity contribution in [2.45, 2.75) is 11.8 Å². The third kappa shape index (κ3) is 5.13. The second-order valence-corrected chi connectivity index (χ2v) is 14.7. The highest BCUT2D eigenvalue weighted by atomic mass is 14.5. The predicted molar refractivity (Wildman–Crippen MR) is 237 cm³/mol. The van der Waals surface area contributed by atoms with E-state index in [-0.39, 0.29) is 5.41 Å². The van der Waals surface area contributed by atoms with Crippen LogP contribution in [0, 0.1) is 0 Å². The summed E-state index contributed by atoms with van der Waals surface area (Å²) in [6.07, 6.45) is 3.25. The quantitative estimate of drug-likeness (QED) is 0.170. The van der Waals surface area contributed by atoms with E-state index >= 15 is 0 Å². The molecular weight excluding hydrogens is 675 g/mol. The molecule has 0 saturated heterocycles. The number of hydrogen-bond donors (Lipinski definition) is 1. The molecule has 56 heavy (non-hydrogen) atoms. The van der Waals surface area contributed by atoms with Gasteiger partial charge in [0, 0.05) is 0 Å². The lowest BCUT2D eigenvalue weighted by Gasteiger charge is -2.31. The van der Waals surface area contributed by atoms with Crippen LogP contribution < -0.4 is 5.73 Å². The molecule has 2 aliphatic carbocycles. The van der Waals surface area contributed by atoms with Gasteiger partial charge in [-0.1, -0.05) is 194 Å². The van der Waals surface area contributed by atoms with Crippen molar-refractivity contribution in [3.63, 3.8) is 0 Å². The van der Waals surface area contributed by atoms with Crippen LogP contribution in [0.15, 0.2) is 206 Å². The first-order valence-corrected chi connectivity index (χ1v) is 19.6. The maximum atomic E-state index is 4.50. The van der Waals surface area contributed by atoms with Crippen LogP contribution in [0.25, 0.3) is 60.5 Å². The smallest absolute Gasteiger partial charge is 0.0726 e. The van der Waals surface area contributed by atoms with Crippen LogP contribution in [0.5, 0.6) is 0 Å². The molecule has 0 aromatic heterocycles. The Morgan fingerprint density at radius 2 is 0.946 bits per heavy atom. The fourth-order valence-corrected chi connectivity index (χ4v) is 9.66. The zero-order valence-corrected chi connectivity index (χ0v) is 31.4. The van der Waals surface area contributed by atoms with Gasteiger partial charge in [0.1, 0.15) is 0 Å². The van der Waals surface area contributed by atoms with Crippen LogP contribution in [0.1, 0.15) is 38.9 Å². The summed E-state index contributed by atoms with van der Waals surface area (Å²) in [5.74, 6) is 0. The minimum atomic E-state index is -0.365. The van der Waals surface area contributed by atoms with Gasteiger partial charge in [0.2, 0.25) is 0 Å². The van der Waals surface area contributed by atoms with Gasteiger partial charge in [-0.2, -0.15) is 0 Å². The minimum Gasteiger partial charge on any atom is -0.333 e. The SMILES string of the molecule is C(/Cc1ccccc1)=C(\c1ccccc1)c1cccc(-c2cccc(-c3cccc4c3-c3ccccc3C43c4cccc5ccc6cccc3c6c45)c2)c1.CN. The number of fused-ring (bicyclic) bond motifs is 7. The van der Waals surface area contributed by atoms with Crippen LogP contribution in [0.3, 0.4) is 0 Å². The van der Waals surface area contributed by atoms with E-state index in [2.05, 4.69) is 212 Å². The average Bonchev–Trinajstić information content (AvgIpc) is 3.76. The van der Waals surface area contributed by atoms with E-state index in [0.29, 0.717) is 0 Å². The maximum absolute atomic E-state index is 4.50. The number of benzene rings is 9. The summed E-state index contributed by atoms with van der Waals surface area (Å²) in [5, 5.41) is 5.42. The van der Waals surface area contributed by atoms with Crippen molar-refractivity contribution < 1.29 is 0 Å². The molecular formula is C55H41N. The van der Waals surface area contributed by atoms with Gasteiger partial charge in [0.05, 0.1) is 5.41 Å². The standard InChI is InChI=1S/C54H36.CH5N/c1-3-14-36(15-4-1)30-33-44(37-16-5-2-6-17-37)42-22-9-20-40(34-42)41-21-10-23-43(35-41)45-25-13-29-50-53(45)46-24-7-8-26-47(46)54(50)48-27-11-18-38-31-32-39-19-12-28-49(54)52(39)51(38)48;1-2/h1-29,31-35H,30H2;2H2,1H3/b44-33-;. The minimum absolute atomic E-state index is 0.365. The Kier molecular flexibility index (Phi) is 8.32. The molecule has 266 valence electrons. The fraction of sp³-hybridized carbons (Fsp3) is 0.0545. The average molecular weight is 716 g/mol. The molecule has 9 aromatic rings. The molecule has 0 heterocycles.